The summed E-state index contributed by atoms with van der Waals surface area (Å²) in [5.41, 5.74) is 6.08. The molecule has 1 N–H and O–H groups in total. The van der Waals surface area contributed by atoms with E-state index in [0.29, 0.717) is 53.8 Å². The van der Waals surface area contributed by atoms with Crippen LogP contribution in [0.3, 0.4) is 0 Å². The number of piperazine rings is 1. The highest BCUT2D eigenvalue weighted by molar-refractivity contribution is 6.31. The van der Waals surface area contributed by atoms with E-state index in [0.717, 1.165) is 16.7 Å². The lowest BCUT2D eigenvalue weighted by atomic mass is 9.98. The Morgan fingerprint density at radius 1 is 0.892 bits per heavy atom. The Morgan fingerprint density at radius 2 is 1.62 bits per heavy atom. The normalized spacial score (nSPS) is 15.5. The second-order valence-corrected chi connectivity index (χ2v) is 10.0. The Morgan fingerprint density at radius 3 is 2.38 bits per heavy atom. The lowest BCUT2D eigenvalue weighted by Crippen LogP contribution is -2.51. The van der Waals surface area contributed by atoms with Crippen molar-refractivity contribution < 1.29 is 14.4 Å². The standard InChI is InChI=1S/C29H29ClN4O3/c1-18-8-10-22(20(3)19(18)2)29(37)33-14-12-32(13-15-33)17-27(35)34-25-7-5-4-6-23(25)28(36)31-24-16-21(30)9-11-26(24)34/h4-11,16H,12-15,17H2,1-3H3,(H,31,36). The zero-order valence-electron chi connectivity index (χ0n) is 21.2. The highest BCUT2D eigenvalue weighted by atomic mass is 35.5. The highest BCUT2D eigenvalue weighted by Crippen LogP contribution is 2.39. The number of aryl methyl sites for hydroxylation is 1. The molecule has 7 nitrogen and oxygen atoms in total. The van der Waals surface area contributed by atoms with Crippen molar-refractivity contribution in [2.45, 2.75) is 20.8 Å². The van der Waals surface area contributed by atoms with E-state index in [2.05, 4.69) is 10.2 Å². The molecule has 0 saturated carbocycles. The smallest absolute Gasteiger partial charge is 0.257 e. The minimum atomic E-state index is -0.289. The second kappa shape index (κ2) is 10.00. The van der Waals surface area contributed by atoms with Gasteiger partial charge in [0.25, 0.3) is 11.8 Å². The van der Waals surface area contributed by atoms with Crippen LogP contribution in [0, 0.1) is 20.8 Å². The van der Waals surface area contributed by atoms with E-state index in [4.69, 9.17) is 11.6 Å². The fraction of sp³-hybridized carbons (Fsp3) is 0.276. The predicted octanol–water partition coefficient (Wildman–Crippen LogP) is 4.95. The summed E-state index contributed by atoms with van der Waals surface area (Å²) in [7, 11) is 0. The zero-order valence-corrected chi connectivity index (χ0v) is 21.9. The van der Waals surface area contributed by atoms with Crippen LogP contribution in [0.2, 0.25) is 5.02 Å². The van der Waals surface area contributed by atoms with E-state index >= 15 is 0 Å². The summed E-state index contributed by atoms with van der Waals surface area (Å²) in [5, 5.41) is 3.35. The van der Waals surface area contributed by atoms with Gasteiger partial charge in [-0.25, -0.2) is 0 Å². The van der Waals surface area contributed by atoms with Crippen molar-refractivity contribution in [1.29, 1.82) is 0 Å². The number of hydrogen-bond acceptors (Lipinski definition) is 4. The van der Waals surface area contributed by atoms with Gasteiger partial charge in [0, 0.05) is 36.8 Å². The summed E-state index contributed by atoms with van der Waals surface area (Å²) < 4.78 is 0. The number of halogens is 1. The molecule has 0 spiro atoms. The second-order valence-electron chi connectivity index (χ2n) is 9.61. The van der Waals surface area contributed by atoms with E-state index in [9.17, 15) is 14.4 Å². The Labute approximate surface area is 221 Å². The van der Waals surface area contributed by atoms with Gasteiger partial charge in [0.1, 0.15) is 0 Å². The minimum absolute atomic E-state index is 0.0309. The summed E-state index contributed by atoms with van der Waals surface area (Å²) in [6.45, 7) is 8.50. The van der Waals surface area contributed by atoms with Gasteiger partial charge in [-0.15, -0.1) is 0 Å². The van der Waals surface area contributed by atoms with Crippen LogP contribution in [-0.4, -0.2) is 60.2 Å². The van der Waals surface area contributed by atoms with Gasteiger partial charge in [0.05, 0.1) is 29.2 Å². The molecule has 1 saturated heterocycles. The number of carbonyl (C=O) groups excluding carboxylic acids is 3. The van der Waals surface area contributed by atoms with E-state index < -0.39 is 0 Å². The maximum absolute atomic E-state index is 13.7. The molecular weight excluding hydrogens is 488 g/mol. The van der Waals surface area contributed by atoms with Gasteiger partial charge in [0.15, 0.2) is 0 Å². The van der Waals surface area contributed by atoms with Gasteiger partial charge in [-0.1, -0.05) is 29.8 Å². The molecule has 0 aromatic heterocycles. The third-order valence-electron chi connectivity index (χ3n) is 7.39. The maximum Gasteiger partial charge on any atom is 0.257 e. The number of nitrogens with one attached hydrogen (secondary N) is 1. The summed E-state index contributed by atoms with van der Waals surface area (Å²) in [4.78, 5) is 45.3. The van der Waals surface area contributed by atoms with Crippen molar-refractivity contribution in [3.8, 4) is 0 Å². The van der Waals surface area contributed by atoms with E-state index in [-0.39, 0.29) is 24.3 Å². The highest BCUT2D eigenvalue weighted by Gasteiger charge is 2.31. The van der Waals surface area contributed by atoms with Crippen LogP contribution in [0.4, 0.5) is 17.1 Å². The Balaban J connectivity index is 1.33. The first-order valence-electron chi connectivity index (χ1n) is 12.4. The number of amides is 3. The van der Waals surface area contributed by atoms with Crippen LogP contribution >= 0.6 is 11.6 Å². The fourth-order valence-corrected chi connectivity index (χ4v) is 5.15. The van der Waals surface area contributed by atoms with Crippen molar-refractivity contribution in [2.24, 2.45) is 0 Å². The molecule has 2 aliphatic rings. The monoisotopic (exact) mass is 516 g/mol. The molecular formula is C29H29ClN4O3. The van der Waals surface area contributed by atoms with Gasteiger partial charge in [0.2, 0.25) is 5.91 Å². The van der Waals surface area contributed by atoms with Crippen LogP contribution in [0.5, 0.6) is 0 Å². The molecule has 2 heterocycles. The van der Waals surface area contributed by atoms with Crippen LogP contribution in [0.1, 0.15) is 37.4 Å². The molecule has 5 rings (SSSR count). The Kier molecular flexibility index (Phi) is 6.75. The lowest BCUT2D eigenvalue weighted by Gasteiger charge is -2.36. The SMILES string of the molecule is Cc1ccc(C(=O)N2CCN(CC(=O)N3c4ccc(Cl)cc4NC(=O)c4ccccc43)CC2)c(C)c1C. The van der Waals surface area contributed by atoms with Gasteiger partial charge < -0.3 is 10.2 Å². The molecule has 0 radical (unpaired) electrons. The molecule has 0 aliphatic carbocycles. The average Bonchev–Trinajstić information content (AvgIpc) is 3.01. The van der Waals surface area contributed by atoms with Crippen LogP contribution < -0.4 is 10.2 Å². The third kappa shape index (κ3) is 4.72. The van der Waals surface area contributed by atoms with Crippen molar-refractivity contribution in [2.75, 3.05) is 42.9 Å². The molecule has 8 heteroatoms. The first kappa shape index (κ1) is 25.0. The number of rotatable bonds is 3. The molecule has 3 amide bonds. The summed E-state index contributed by atoms with van der Waals surface area (Å²) >= 11 is 6.19. The molecule has 0 unspecified atom stereocenters. The fourth-order valence-electron chi connectivity index (χ4n) is 4.98. The van der Waals surface area contributed by atoms with E-state index in [1.54, 1.807) is 41.3 Å². The van der Waals surface area contributed by atoms with Gasteiger partial charge in [-0.05, 0) is 73.9 Å². The number of nitrogens with zero attached hydrogens (tertiary/aromatic N) is 3. The minimum Gasteiger partial charge on any atom is -0.336 e. The number of benzene rings is 3. The van der Waals surface area contributed by atoms with Crippen molar-refractivity contribution in [3.05, 3.63) is 87.4 Å². The molecule has 37 heavy (non-hydrogen) atoms. The van der Waals surface area contributed by atoms with Crippen LogP contribution in [0.15, 0.2) is 54.6 Å². The van der Waals surface area contributed by atoms with Crippen molar-refractivity contribution in [3.63, 3.8) is 0 Å². The van der Waals surface area contributed by atoms with Gasteiger partial charge in [-0.2, -0.15) is 0 Å². The summed E-state index contributed by atoms with van der Waals surface area (Å²) in [5.74, 6) is -0.413. The summed E-state index contributed by atoms with van der Waals surface area (Å²) in [6.07, 6.45) is 0. The summed E-state index contributed by atoms with van der Waals surface area (Å²) in [6, 6.07) is 16.1. The quantitative estimate of drug-likeness (QED) is 0.534. The van der Waals surface area contributed by atoms with Crippen LogP contribution in [-0.2, 0) is 4.79 Å². The van der Waals surface area contributed by atoms with Crippen molar-refractivity contribution in [1.82, 2.24) is 9.80 Å². The topological polar surface area (TPSA) is 73.0 Å². The molecule has 1 fully saturated rings. The molecule has 190 valence electrons. The predicted molar refractivity (Wildman–Crippen MR) is 146 cm³/mol. The van der Waals surface area contributed by atoms with Crippen LogP contribution in [0.25, 0.3) is 0 Å². The van der Waals surface area contributed by atoms with Gasteiger partial charge in [-0.3, -0.25) is 24.2 Å². The Hall–Kier alpha value is -3.68. The number of carbonyl (C=O) groups is 3. The number of para-hydroxylation sites is 1. The maximum atomic E-state index is 13.7. The molecule has 3 aromatic rings. The van der Waals surface area contributed by atoms with E-state index in [1.165, 1.54) is 5.56 Å². The van der Waals surface area contributed by atoms with Crippen molar-refractivity contribution >= 4 is 46.4 Å². The molecule has 0 atom stereocenters. The molecule has 3 aromatic carbocycles. The third-order valence-corrected chi connectivity index (χ3v) is 7.63. The van der Waals surface area contributed by atoms with E-state index in [1.807, 2.05) is 43.9 Å². The largest absolute Gasteiger partial charge is 0.336 e. The average molecular weight is 517 g/mol. The zero-order chi connectivity index (χ0) is 26.3. The molecule has 2 aliphatic heterocycles. The number of anilines is 3. The molecule has 0 bridgehead atoms. The first-order chi connectivity index (χ1) is 17.7. The number of fused-ring (bicyclic) bond motifs is 2. The number of hydrogen-bond donors (Lipinski definition) is 1. The Bertz CT molecular complexity index is 1410. The first-order valence-corrected chi connectivity index (χ1v) is 12.7. The van der Waals surface area contributed by atoms with Gasteiger partial charge >= 0.3 is 0 Å². The lowest BCUT2D eigenvalue weighted by molar-refractivity contribution is -0.119.